The van der Waals surface area contributed by atoms with Gasteiger partial charge in [0.05, 0.1) is 0 Å². The summed E-state index contributed by atoms with van der Waals surface area (Å²) in [6.45, 7) is 7.10. The van der Waals surface area contributed by atoms with Crippen LogP contribution in [0.3, 0.4) is 0 Å². The number of likely N-dealkylation sites (N-methyl/N-ethyl adjacent to an activating group) is 2. The van der Waals surface area contributed by atoms with Crippen molar-refractivity contribution < 1.29 is 49.2 Å². The zero-order chi connectivity index (χ0) is 46.3. The lowest BCUT2D eigenvalue weighted by Crippen LogP contribution is -2.61. The molecule has 0 spiro atoms. The number of unbranched alkanes of at least 4 members (excludes halogenated alkanes) is 4. The van der Waals surface area contributed by atoms with Crippen LogP contribution < -0.4 is 16.4 Å². The number of hydrogen-bond donors (Lipinski definition) is 7. The van der Waals surface area contributed by atoms with Crippen LogP contribution in [-0.4, -0.2) is 140 Å². The SMILES string of the molecule is CC(C)[C@H](NC(=O)[C@@H](O)[C@@H](N)CCCCCCCCl)C(=O)N(C)[C@H](C(=O)N(C)[C@@H](Cc1ccc(O)cc1)C(=O)N1CCC[C@H]1C(=O)NC(Cc1ccc(O)cc1)C(=O)O)C(C)C. The lowest BCUT2D eigenvalue weighted by molar-refractivity contribution is -0.154. The van der Waals surface area contributed by atoms with Gasteiger partial charge in [0.2, 0.25) is 23.6 Å². The number of nitrogens with zero attached hydrogens (tertiary/aromatic N) is 3. The van der Waals surface area contributed by atoms with Crippen LogP contribution in [0.5, 0.6) is 11.5 Å². The van der Waals surface area contributed by atoms with Gasteiger partial charge in [0.1, 0.15) is 47.8 Å². The minimum Gasteiger partial charge on any atom is -0.508 e. The fourth-order valence-corrected chi connectivity index (χ4v) is 7.99. The molecule has 62 heavy (non-hydrogen) atoms. The van der Waals surface area contributed by atoms with Crippen molar-refractivity contribution in [1.29, 1.82) is 0 Å². The first-order valence-electron chi connectivity index (χ1n) is 21.5. The average Bonchev–Trinajstić information content (AvgIpc) is 3.73. The highest BCUT2D eigenvalue weighted by Crippen LogP contribution is 2.25. The third-order valence-corrected chi connectivity index (χ3v) is 11.8. The topological polar surface area (TPSA) is 243 Å². The summed E-state index contributed by atoms with van der Waals surface area (Å²) in [5.41, 5.74) is 7.34. The van der Waals surface area contributed by atoms with E-state index in [1.807, 2.05) is 0 Å². The van der Waals surface area contributed by atoms with Crippen LogP contribution in [0.2, 0.25) is 0 Å². The molecular weight excluding hydrogens is 820 g/mol. The number of phenols is 2. The van der Waals surface area contributed by atoms with Crippen molar-refractivity contribution in [3.05, 3.63) is 59.7 Å². The number of rotatable bonds is 24. The number of aliphatic hydroxyl groups excluding tert-OH is 1. The Bertz CT molecular complexity index is 1800. The third kappa shape index (κ3) is 14.6. The highest BCUT2D eigenvalue weighted by atomic mass is 35.5. The Hall–Kier alpha value is -4.93. The Morgan fingerprint density at radius 1 is 0.790 bits per heavy atom. The van der Waals surface area contributed by atoms with E-state index in [0.717, 1.165) is 25.7 Å². The molecule has 1 unspecified atom stereocenters. The second-order valence-electron chi connectivity index (χ2n) is 17.0. The molecule has 0 aromatic heterocycles. The van der Waals surface area contributed by atoms with E-state index in [0.29, 0.717) is 36.3 Å². The summed E-state index contributed by atoms with van der Waals surface area (Å²) in [7, 11) is 2.89. The highest BCUT2D eigenvalue weighted by molar-refractivity contribution is 6.17. The Kier molecular flexibility index (Phi) is 20.4. The molecule has 16 nitrogen and oxygen atoms in total. The van der Waals surface area contributed by atoms with Crippen molar-refractivity contribution in [1.82, 2.24) is 25.3 Å². The minimum absolute atomic E-state index is 0.00434. The van der Waals surface area contributed by atoms with E-state index in [1.54, 1.807) is 52.0 Å². The van der Waals surface area contributed by atoms with Gasteiger partial charge in [-0.1, -0.05) is 77.6 Å². The Morgan fingerprint density at radius 2 is 1.34 bits per heavy atom. The molecule has 3 rings (SSSR count). The number of hydrogen-bond acceptors (Lipinski definition) is 10. The third-order valence-electron chi connectivity index (χ3n) is 11.5. The number of likely N-dealkylation sites (tertiary alicyclic amines) is 1. The van der Waals surface area contributed by atoms with Crippen LogP contribution in [0, 0.1) is 11.8 Å². The van der Waals surface area contributed by atoms with Gasteiger partial charge in [0.15, 0.2) is 0 Å². The lowest BCUT2D eigenvalue weighted by atomic mass is 9.95. The Balaban J connectivity index is 1.85. The molecule has 7 atom stereocenters. The van der Waals surface area contributed by atoms with Crippen LogP contribution in [-0.2, 0) is 41.6 Å². The van der Waals surface area contributed by atoms with Crippen molar-refractivity contribution in [3.63, 3.8) is 0 Å². The van der Waals surface area contributed by atoms with Gasteiger partial charge in [-0.3, -0.25) is 24.0 Å². The van der Waals surface area contributed by atoms with E-state index >= 15 is 0 Å². The molecule has 344 valence electrons. The number of aliphatic carboxylic acids is 1. The second-order valence-corrected chi connectivity index (χ2v) is 17.4. The molecule has 0 saturated carbocycles. The molecule has 0 radical (unpaired) electrons. The maximum atomic E-state index is 14.7. The maximum Gasteiger partial charge on any atom is 0.326 e. The first-order valence-corrected chi connectivity index (χ1v) is 22.0. The first kappa shape index (κ1) is 51.4. The highest BCUT2D eigenvalue weighted by Gasteiger charge is 2.44. The number of benzene rings is 2. The summed E-state index contributed by atoms with van der Waals surface area (Å²) < 4.78 is 0. The van der Waals surface area contributed by atoms with Crippen molar-refractivity contribution in [2.24, 2.45) is 17.6 Å². The number of aromatic hydroxyl groups is 2. The summed E-state index contributed by atoms with van der Waals surface area (Å²) in [6, 6.07) is 5.36. The van der Waals surface area contributed by atoms with Gasteiger partial charge in [-0.25, -0.2) is 4.79 Å². The summed E-state index contributed by atoms with van der Waals surface area (Å²) in [5.74, 6) is -4.85. The molecule has 17 heteroatoms. The number of halogens is 1. The van der Waals surface area contributed by atoms with Crippen LogP contribution >= 0.6 is 11.6 Å². The van der Waals surface area contributed by atoms with Crippen LogP contribution in [0.25, 0.3) is 0 Å². The minimum atomic E-state index is -1.57. The number of nitrogens with one attached hydrogen (secondary N) is 2. The number of carboxylic acids is 1. The zero-order valence-electron chi connectivity index (χ0n) is 36.8. The average molecular weight is 888 g/mol. The van der Waals surface area contributed by atoms with E-state index in [9.17, 15) is 49.2 Å². The monoisotopic (exact) mass is 886 g/mol. The van der Waals surface area contributed by atoms with Gasteiger partial charge < -0.3 is 51.5 Å². The fourth-order valence-electron chi connectivity index (χ4n) is 7.80. The van der Waals surface area contributed by atoms with E-state index < -0.39 is 89.7 Å². The normalized spacial score (nSPS) is 16.8. The molecule has 1 heterocycles. The number of amides is 5. The van der Waals surface area contributed by atoms with E-state index in [-0.39, 0.29) is 37.3 Å². The summed E-state index contributed by atoms with van der Waals surface area (Å²) in [6.07, 6.45) is 3.87. The molecular formula is C45H67ClN6O10. The Labute approximate surface area is 370 Å². The molecule has 5 amide bonds. The van der Waals surface area contributed by atoms with E-state index in [4.69, 9.17) is 17.3 Å². The van der Waals surface area contributed by atoms with Crippen molar-refractivity contribution >= 4 is 47.1 Å². The maximum absolute atomic E-state index is 14.7. The van der Waals surface area contributed by atoms with Crippen LogP contribution in [0.4, 0.5) is 0 Å². The Morgan fingerprint density at radius 3 is 1.87 bits per heavy atom. The van der Waals surface area contributed by atoms with Gasteiger partial charge in [-0.05, 0) is 72.9 Å². The molecule has 0 aliphatic carbocycles. The predicted molar refractivity (Wildman–Crippen MR) is 235 cm³/mol. The summed E-state index contributed by atoms with van der Waals surface area (Å²) >= 11 is 5.74. The standard InChI is InChI=1S/C45H67ClN6O10/c1-27(2)37(49-41(57)39(55)33(47)13-10-8-7-9-11-23-46)43(59)51(6)38(28(3)4)44(60)50(5)36(26-30-17-21-32(54)22-18-30)42(58)52-24-12-14-35(52)40(56)48-34(45(61)62)25-29-15-19-31(53)20-16-29/h15-22,27-28,33-39,53-55H,7-14,23-26,47H2,1-6H3,(H,48,56)(H,49,57)(H,61,62)/t33-,34?,35-,36-,37-,38-,39-/m0/s1. The van der Waals surface area contributed by atoms with E-state index in [2.05, 4.69) is 10.6 Å². The lowest BCUT2D eigenvalue weighted by Gasteiger charge is -2.39. The zero-order valence-corrected chi connectivity index (χ0v) is 37.6. The number of nitrogens with two attached hydrogens (primary N) is 1. The number of carboxylic acid groups (broad SMARTS) is 1. The van der Waals surface area contributed by atoms with Gasteiger partial charge in [0.25, 0.3) is 5.91 Å². The molecule has 0 bridgehead atoms. The summed E-state index contributed by atoms with van der Waals surface area (Å²) in [4.78, 5) is 86.7. The van der Waals surface area contributed by atoms with Crippen LogP contribution in [0.15, 0.2) is 48.5 Å². The van der Waals surface area contributed by atoms with Crippen molar-refractivity contribution in [2.75, 3.05) is 26.5 Å². The van der Waals surface area contributed by atoms with Crippen LogP contribution in [0.1, 0.15) is 90.2 Å². The number of alkyl halides is 1. The van der Waals surface area contributed by atoms with Gasteiger partial charge in [-0.15, -0.1) is 11.6 Å². The molecule has 8 N–H and O–H groups in total. The molecule has 1 aliphatic heterocycles. The number of carbonyl (C=O) groups excluding carboxylic acids is 5. The molecule has 1 saturated heterocycles. The molecule has 2 aromatic rings. The number of aliphatic hydroxyl groups is 1. The largest absolute Gasteiger partial charge is 0.508 e. The first-order chi connectivity index (χ1) is 29.3. The predicted octanol–water partition coefficient (Wildman–Crippen LogP) is 3.16. The van der Waals surface area contributed by atoms with Gasteiger partial charge >= 0.3 is 5.97 Å². The smallest absolute Gasteiger partial charge is 0.326 e. The number of carbonyl (C=O) groups is 6. The van der Waals surface area contributed by atoms with Crippen molar-refractivity contribution in [3.8, 4) is 11.5 Å². The summed E-state index contributed by atoms with van der Waals surface area (Å²) in [5, 5.41) is 45.6. The fraction of sp³-hybridized carbons (Fsp3) is 0.600. The molecule has 1 fully saturated rings. The van der Waals surface area contributed by atoms with E-state index in [1.165, 1.54) is 53.1 Å². The quantitative estimate of drug-likeness (QED) is 0.0597. The second kappa shape index (κ2) is 24.6. The van der Waals surface area contributed by atoms with Gasteiger partial charge in [0, 0.05) is 45.4 Å². The molecule has 1 aliphatic rings. The molecule has 2 aromatic carbocycles. The van der Waals surface area contributed by atoms with Crippen molar-refractivity contribution in [2.45, 2.75) is 134 Å². The number of phenolic OH excluding ortho intramolecular Hbond substituents is 2. The van der Waals surface area contributed by atoms with Gasteiger partial charge in [-0.2, -0.15) is 0 Å².